The van der Waals surface area contributed by atoms with E-state index < -0.39 is 17.7 Å². The fourth-order valence-electron chi connectivity index (χ4n) is 5.44. The lowest BCUT2D eigenvalue weighted by atomic mass is 10.1. The van der Waals surface area contributed by atoms with Gasteiger partial charge in [0, 0.05) is 28.7 Å². The minimum absolute atomic E-state index is 0.220. The molecule has 0 fully saturated rings. The largest absolute Gasteiger partial charge is 0.497 e. The van der Waals surface area contributed by atoms with Crippen LogP contribution in [0.25, 0.3) is 45.6 Å². The van der Waals surface area contributed by atoms with E-state index >= 15 is 0 Å². The van der Waals surface area contributed by atoms with Gasteiger partial charge in [-0.1, -0.05) is 65.7 Å². The van der Waals surface area contributed by atoms with Gasteiger partial charge in [0.15, 0.2) is 0 Å². The number of rotatable bonds is 8. The zero-order valence-electron chi connectivity index (χ0n) is 27.3. The molecule has 0 saturated carbocycles. The van der Waals surface area contributed by atoms with Gasteiger partial charge >= 0.3 is 12.1 Å². The van der Waals surface area contributed by atoms with Crippen molar-refractivity contribution in [1.29, 1.82) is 0 Å². The van der Waals surface area contributed by atoms with Crippen molar-refractivity contribution in [2.45, 2.75) is 32.9 Å². The first-order valence-electron chi connectivity index (χ1n) is 15.4. The van der Waals surface area contributed by atoms with E-state index in [4.69, 9.17) is 37.7 Å². The molecular formula is C39H33Cl2N3O5. The molecule has 0 aliphatic heterocycles. The van der Waals surface area contributed by atoms with E-state index in [-0.39, 0.29) is 5.56 Å². The van der Waals surface area contributed by atoms with Gasteiger partial charge in [0.1, 0.15) is 17.2 Å². The fraction of sp³-hybridized carbons (Fsp3) is 0.154. The second-order valence-corrected chi connectivity index (χ2v) is 13.3. The van der Waals surface area contributed by atoms with Crippen molar-refractivity contribution in [3.63, 3.8) is 0 Å². The SMILES string of the molecule is COc1ccc2c(c1)cc(-c1ccc(C=Cc3nc(-c4ccc(Cl)cc4Cl)cn3Cc3ccc(C(=O)O)cc3)cc1)n2C(=O)OC(C)(C)C. The van der Waals surface area contributed by atoms with Gasteiger partial charge in [0.2, 0.25) is 0 Å². The van der Waals surface area contributed by atoms with Crippen LogP contribution in [0.4, 0.5) is 4.79 Å². The van der Waals surface area contributed by atoms with Gasteiger partial charge in [-0.3, -0.25) is 0 Å². The van der Waals surface area contributed by atoms with Crippen molar-refractivity contribution in [1.82, 2.24) is 14.1 Å². The molecular weight excluding hydrogens is 661 g/mol. The molecule has 0 atom stereocenters. The summed E-state index contributed by atoms with van der Waals surface area (Å²) in [6.45, 7) is 5.98. The molecule has 2 heterocycles. The maximum Gasteiger partial charge on any atom is 0.419 e. The molecule has 0 spiro atoms. The number of hydrogen-bond donors (Lipinski definition) is 1. The number of halogens is 2. The normalized spacial score (nSPS) is 11.7. The summed E-state index contributed by atoms with van der Waals surface area (Å²) in [5.41, 5.74) is 5.04. The molecule has 0 aliphatic carbocycles. The van der Waals surface area contributed by atoms with E-state index in [2.05, 4.69) is 0 Å². The van der Waals surface area contributed by atoms with Gasteiger partial charge in [-0.2, -0.15) is 0 Å². The zero-order chi connectivity index (χ0) is 34.9. The molecule has 0 aliphatic rings. The van der Waals surface area contributed by atoms with Crippen LogP contribution in [0.2, 0.25) is 10.0 Å². The highest BCUT2D eigenvalue weighted by Crippen LogP contribution is 2.33. The van der Waals surface area contributed by atoms with Crippen LogP contribution in [-0.2, 0) is 11.3 Å². The van der Waals surface area contributed by atoms with Gasteiger partial charge in [0.25, 0.3) is 0 Å². The summed E-state index contributed by atoms with van der Waals surface area (Å²) in [7, 11) is 1.61. The topological polar surface area (TPSA) is 95.6 Å². The van der Waals surface area contributed by atoms with E-state index in [0.29, 0.717) is 39.6 Å². The third-order valence-corrected chi connectivity index (χ3v) is 8.33. The van der Waals surface area contributed by atoms with Crippen molar-refractivity contribution in [2.24, 2.45) is 0 Å². The fourth-order valence-corrected chi connectivity index (χ4v) is 5.94. The molecule has 248 valence electrons. The molecule has 49 heavy (non-hydrogen) atoms. The number of benzene rings is 4. The molecule has 8 nitrogen and oxygen atoms in total. The maximum atomic E-state index is 13.4. The molecule has 0 saturated heterocycles. The number of hydrogen-bond acceptors (Lipinski definition) is 5. The minimum Gasteiger partial charge on any atom is -0.497 e. The van der Waals surface area contributed by atoms with Crippen LogP contribution in [0.3, 0.4) is 0 Å². The number of aromatic carboxylic acids is 1. The number of ether oxygens (including phenoxy) is 2. The van der Waals surface area contributed by atoms with Crippen molar-refractivity contribution < 1.29 is 24.2 Å². The number of carboxylic acid groups (broad SMARTS) is 1. The highest BCUT2D eigenvalue weighted by Gasteiger charge is 2.23. The number of imidazole rings is 1. The van der Waals surface area contributed by atoms with E-state index in [0.717, 1.165) is 33.2 Å². The van der Waals surface area contributed by atoms with E-state index in [1.807, 2.05) is 98.3 Å². The molecule has 6 rings (SSSR count). The standard InChI is InChI=1S/C39H33Cl2N3O5/c1-39(2,3)49-38(47)44-34-17-15-30(48-4)19-28(34)20-35(44)26-10-5-24(6-11-26)9-18-36-42-33(31-16-14-29(40)21-32(31)41)23-43(36)22-25-7-12-27(13-8-25)37(45)46/h5-21,23H,22H2,1-4H3,(H,45,46). The van der Waals surface area contributed by atoms with Crippen molar-refractivity contribution in [2.75, 3.05) is 7.11 Å². The highest BCUT2D eigenvalue weighted by molar-refractivity contribution is 6.36. The summed E-state index contributed by atoms with van der Waals surface area (Å²) < 4.78 is 14.8. The van der Waals surface area contributed by atoms with Crippen LogP contribution >= 0.6 is 23.2 Å². The summed E-state index contributed by atoms with van der Waals surface area (Å²) >= 11 is 12.7. The first kappa shape index (κ1) is 33.6. The quantitative estimate of drug-likeness (QED) is 0.170. The van der Waals surface area contributed by atoms with Crippen LogP contribution in [0.15, 0.2) is 97.2 Å². The molecule has 1 N–H and O–H groups in total. The molecule has 4 aromatic carbocycles. The third-order valence-electron chi connectivity index (χ3n) is 7.78. The van der Waals surface area contributed by atoms with Crippen molar-refractivity contribution in [3.05, 3.63) is 130 Å². The predicted octanol–water partition coefficient (Wildman–Crippen LogP) is 10.2. The lowest BCUT2D eigenvalue weighted by Crippen LogP contribution is -2.27. The van der Waals surface area contributed by atoms with Gasteiger partial charge in [-0.15, -0.1) is 0 Å². The van der Waals surface area contributed by atoms with Crippen LogP contribution < -0.4 is 4.74 Å². The molecule has 0 amide bonds. The summed E-state index contributed by atoms with van der Waals surface area (Å²) in [6.07, 6.45) is 5.32. The molecule has 0 bridgehead atoms. The van der Waals surface area contributed by atoms with Crippen LogP contribution in [0, 0.1) is 0 Å². The Morgan fingerprint density at radius 1 is 0.898 bits per heavy atom. The zero-order valence-corrected chi connectivity index (χ0v) is 28.8. The average molecular weight is 695 g/mol. The van der Waals surface area contributed by atoms with E-state index in [1.54, 1.807) is 48.1 Å². The molecule has 0 unspecified atom stereocenters. The summed E-state index contributed by atoms with van der Waals surface area (Å²) in [5, 5.41) is 11.2. The van der Waals surface area contributed by atoms with Gasteiger partial charge < -0.3 is 19.1 Å². The van der Waals surface area contributed by atoms with Crippen molar-refractivity contribution in [3.8, 4) is 28.3 Å². The van der Waals surface area contributed by atoms with Crippen LogP contribution in [0.1, 0.15) is 48.1 Å². The highest BCUT2D eigenvalue weighted by atomic mass is 35.5. The number of carbonyl (C=O) groups is 2. The van der Waals surface area contributed by atoms with Gasteiger partial charge in [0.05, 0.1) is 34.6 Å². The Hall–Kier alpha value is -5.31. The molecule has 6 aromatic rings. The number of methoxy groups -OCH3 is 1. The number of carbonyl (C=O) groups excluding carboxylic acids is 1. The third kappa shape index (κ3) is 7.56. The number of aromatic nitrogens is 3. The Morgan fingerprint density at radius 2 is 1.63 bits per heavy atom. The molecule has 0 radical (unpaired) electrons. The Bertz CT molecular complexity index is 2210. The number of fused-ring (bicyclic) bond motifs is 1. The summed E-state index contributed by atoms with van der Waals surface area (Å²) in [5.74, 6) is 0.388. The minimum atomic E-state index is -0.977. The first-order valence-corrected chi connectivity index (χ1v) is 16.2. The van der Waals surface area contributed by atoms with Crippen molar-refractivity contribution >= 4 is 58.3 Å². The molecule has 2 aromatic heterocycles. The maximum absolute atomic E-state index is 13.4. The summed E-state index contributed by atoms with van der Waals surface area (Å²) in [4.78, 5) is 29.6. The lowest BCUT2D eigenvalue weighted by molar-refractivity contribution is 0.0546. The van der Waals surface area contributed by atoms with E-state index in [1.165, 1.54) is 0 Å². The Balaban J connectivity index is 1.33. The number of nitrogens with zero attached hydrogens (tertiary/aromatic N) is 3. The Morgan fingerprint density at radius 3 is 2.29 bits per heavy atom. The van der Waals surface area contributed by atoms with E-state index in [9.17, 15) is 14.7 Å². The smallest absolute Gasteiger partial charge is 0.419 e. The van der Waals surface area contributed by atoms with Gasteiger partial charge in [-0.25, -0.2) is 19.1 Å². The Labute approximate surface area is 293 Å². The average Bonchev–Trinajstić information content (AvgIpc) is 3.64. The monoisotopic (exact) mass is 693 g/mol. The first-order chi connectivity index (χ1) is 23.4. The summed E-state index contributed by atoms with van der Waals surface area (Å²) in [6, 6.07) is 27.4. The van der Waals surface area contributed by atoms with Crippen LogP contribution in [-0.4, -0.2) is 44.0 Å². The van der Waals surface area contributed by atoms with Crippen LogP contribution in [0.5, 0.6) is 5.75 Å². The predicted molar refractivity (Wildman–Crippen MR) is 195 cm³/mol. The second-order valence-electron chi connectivity index (χ2n) is 12.5. The Kier molecular flexibility index (Phi) is 9.37. The second kappa shape index (κ2) is 13.7. The van der Waals surface area contributed by atoms with Gasteiger partial charge in [-0.05, 0) is 98.1 Å². The number of carboxylic acids is 1. The lowest BCUT2D eigenvalue weighted by Gasteiger charge is -2.21. The molecule has 10 heteroatoms.